The average molecular weight is 1310 g/mol. The van der Waals surface area contributed by atoms with Crippen LogP contribution in [0.2, 0.25) is 0 Å². The molecular weight excluding hydrogens is 1210 g/mol. The summed E-state index contributed by atoms with van der Waals surface area (Å²) < 4.78 is 26.8. The number of nitrogens with one attached hydrogen (secondary N) is 3. The van der Waals surface area contributed by atoms with E-state index < -0.39 is 0 Å². The van der Waals surface area contributed by atoms with Crippen LogP contribution in [0.1, 0.15) is 128 Å². The van der Waals surface area contributed by atoms with Crippen molar-refractivity contribution in [1.82, 2.24) is 30.7 Å². The molecule has 7 aromatic rings. The Morgan fingerprint density at radius 3 is 1.70 bits per heavy atom. The second-order valence-electron chi connectivity index (χ2n) is 23.3. The molecule has 5 aliphatic rings. The van der Waals surface area contributed by atoms with Gasteiger partial charge in [0.2, 0.25) is 5.91 Å². The van der Waals surface area contributed by atoms with Crippen LogP contribution in [-0.4, -0.2) is 160 Å². The third-order valence-corrected chi connectivity index (χ3v) is 17.2. The van der Waals surface area contributed by atoms with Gasteiger partial charge in [0.1, 0.15) is 45.8 Å². The molecule has 5 aliphatic heterocycles. The van der Waals surface area contributed by atoms with Crippen molar-refractivity contribution in [3.63, 3.8) is 0 Å². The number of nitrogens with zero attached hydrogens (tertiary/aromatic N) is 3. The number of hydrogen-bond donors (Lipinski definition) is 6. The van der Waals surface area contributed by atoms with Crippen LogP contribution in [-0.2, 0) is 36.9 Å². The monoisotopic (exact) mass is 1310 g/mol. The number of ether oxygens (including phenoxy) is 5. The molecule has 1 spiro atoms. The molecule has 1 fully saturated rings. The van der Waals surface area contributed by atoms with Crippen LogP contribution in [0.4, 0.5) is 0 Å². The maximum atomic E-state index is 12.7. The quantitative estimate of drug-likeness (QED) is 0.0560. The molecule has 0 unspecified atom stereocenters. The van der Waals surface area contributed by atoms with Gasteiger partial charge < -0.3 is 70.3 Å². The number of benzene rings is 7. The minimum absolute atomic E-state index is 0.00731. The topological polar surface area (TPSA) is 244 Å². The lowest BCUT2D eigenvalue weighted by atomic mass is 9.83. The Labute approximate surface area is 565 Å². The van der Waals surface area contributed by atoms with Gasteiger partial charge in [0.15, 0.2) is 0 Å². The van der Waals surface area contributed by atoms with E-state index >= 15 is 0 Å². The predicted octanol–water partition coefficient (Wildman–Crippen LogP) is 10.5. The van der Waals surface area contributed by atoms with Gasteiger partial charge in [-0.3, -0.25) is 24.0 Å². The molecule has 5 amide bonds. The third-order valence-electron chi connectivity index (χ3n) is 17.2. The van der Waals surface area contributed by atoms with Crippen molar-refractivity contribution in [1.29, 1.82) is 0 Å². The fraction of sp³-hybridized carbons (Fsp3) is 0.364. The summed E-state index contributed by atoms with van der Waals surface area (Å²) in [7, 11) is 6.59. The summed E-state index contributed by atoms with van der Waals surface area (Å²) in [4.78, 5) is 63.8. The maximum Gasteiger partial charge on any atom is 0.257 e. The lowest BCUT2D eigenvalue weighted by Crippen LogP contribution is -2.46. The average Bonchev–Trinajstić information content (AvgIpc) is 0.781. The minimum Gasteiger partial charge on any atom is -0.508 e. The molecule has 1 saturated heterocycles. The van der Waals surface area contributed by atoms with E-state index in [1.807, 2.05) is 147 Å². The summed E-state index contributed by atoms with van der Waals surface area (Å²) in [5.74, 6) is 4.61. The number of para-hydroxylation sites is 1. The van der Waals surface area contributed by atoms with Crippen molar-refractivity contribution in [2.45, 2.75) is 85.2 Å². The van der Waals surface area contributed by atoms with Crippen molar-refractivity contribution < 1.29 is 57.9 Å². The molecule has 0 saturated carbocycles. The summed E-state index contributed by atoms with van der Waals surface area (Å²) >= 11 is 0. The van der Waals surface area contributed by atoms with Gasteiger partial charge in [0, 0.05) is 94.4 Å². The van der Waals surface area contributed by atoms with Gasteiger partial charge in [-0.25, -0.2) is 0 Å². The number of methoxy groups -OCH3 is 4. The summed E-state index contributed by atoms with van der Waals surface area (Å²) in [5, 5.41) is 28.9. The first-order chi connectivity index (χ1) is 46.4. The molecule has 96 heavy (non-hydrogen) atoms. The molecule has 0 atom stereocenters. The summed E-state index contributed by atoms with van der Waals surface area (Å²) in [6, 6.07) is 45.4. The first kappa shape index (κ1) is 73.6. The summed E-state index contributed by atoms with van der Waals surface area (Å²) in [6.45, 7) is 17.6. The van der Waals surface area contributed by atoms with E-state index in [2.05, 4.69) is 28.1 Å². The molecule has 19 heteroatoms. The van der Waals surface area contributed by atoms with Crippen molar-refractivity contribution >= 4 is 35.1 Å². The van der Waals surface area contributed by atoms with Crippen LogP contribution in [0.3, 0.4) is 0 Å². The molecule has 7 aromatic carbocycles. The minimum atomic E-state index is -0.333. The van der Waals surface area contributed by atoms with Crippen LogP contribution >= 0.6 is 0 Å². The zero-order valence-electron chi connectivity index (χ0n) is 57.1. The van der Waals surface area contributed by atoms with E-state index in [9.17, 15) is 34.2 Å². The largest absolute Gasteiger partial charge is 0.508 e. The second-order valence-corrected chi connectivity index (χ2v) is 23.3. The van der Waals surface area contributed by atoms with Crippen molar-refractivity contribution in [3.05, 3.63) is 213 Å². The molecule has 510 valence electrons. The lowest BCUT2D eigenvalue weighted by Gasteiger charge is -2.40. The fourth-order valence-corrected chi connectivity index (χ4v) is 11.8. The van der Waals surface area contributed by atoms with Gasteiger partial charge in [-0.15, -0.1) is 0 Å². The van der Waals surface area contributed by atoms with Gasteiger partial charge >= 0.3 is 0 Å². The number of carbonyl (C=O) groups is 5. The normalized spacial score (nSPS) is 14.3. The first-order valence-corrected chi connectivity index (χ1v) is 33.0. The highest BCUT2D eigenvalue weighted by Gasteiger charge is 2.37. The van der Waals surface area contributed by atoms with E-state index in [4.69, 9.17) is 29.4 Å². The second kappa shape index (κ2) is 36.7. The Morgan fingerprint density at radius 2 is 1.15 bits per heavy atom. The van der Waals surface area contributed by atoms with Crippen molar-refractivity contribution in [3.8, 4) is 40.2 Å². The van der Waals surface area contributed by atoms with Crippen molar-refractivity contribution in [2.75, 3.05) is 100 Å². The third kappa shape index (κ3) is 20.1. The van der Waals surface area contributed by atoms with Gasteiger partial charge in [-0.05, 0) is 222 Å². The smallest absolute Gasteiger partial charge is 0.257 e. The van der Waals surface area contributed by atoms with Crippen LogP contribution in [0, 0.1) is 0 Å². The molecule has 0 bridgehead atoms. The first-order valence-electron chi connectivity index (χ1n) is 33.0. The number of phenols is 2. The Balaban J connectivity index is 0.000000169. The number of fused-ring (bicyclic) bond motifs is 4. The van der Waals surface area contributed by atoms with Crippen molar-refractivity contribution in [2.24, 2.45) is 5.73 Å². The van der Waals surface area contributed by atoms with E-state index in [-0.39, 0.29) is 46.6 Å². The molecule has 5 heterocycles. The molecule has 12 rings (SSSR count). The lowest BCUT2D eigenvalue weighted by molar-refractivity contribution is -0.118. The van der Waals surface area contributed by atoms with Crippen LogP contribution < -0.4 is 45.4 Å². The number of phenolic OH excluding ortho intramolecular Hbond substituents is 2. The Morgan fingerprint density at radius 1 is 0.604 bits per heavy atom. The Kier molecular flexibility index (Phi) is 28.1. The highest BCUT2D eigenvalue weighted by molar-refractivity contribution is 5.99. The number of carbonyl (C=O) groups excluding carboxylic acids is 5. The Hall–Kier alpha value is -9.85. The van der Waals surface area contributed by atoms with Gasteiger partial charge in [0.05, 0.1) is 34.0 Å². The SMILES string of the molecule is CCN(CC)C(=O)c1ccc(C2=CC3(CCNCC3)Oc3ccccc32)cc1O.CCN1CCc2cc(O)ccc2C1=O.CCN1CCc2cc(OC)ccc2C1=O.COc1ccc2c(c1)CCNC2=O.COc1cccc(CCN)c1.COc1cccc(CCNC(C)=O)c1. The maximum absolute atomic E-state index is 12.7. The molecule has 19 nitrogen and oxygen atoms in total. The van der Waals surface area contributed by atoms with Gasteiger partial charge in [-0.1, -0.05) is 48.5 Å². The van der Waals surface area contributed by atoms with E-state index in [0.717, 1.165) is 175 Å². The number of likely N-dealkylation sites (N-methyl/N-ethyl adjacent to an activating group) is 2. The van der Waals surface area contributed by atoms with Gasteiger partial charge in [0.25, 0.3) is 23.6 Å². The summed E-state index contributed by atoms with van der Waals surface area (Å²) in [5.41, 5.74) is 16.2. The molecule has 7 N–H and O–H groups in total. The zero-order chi connectivity index (χ0) is 69.2. The van der Waals surface area contributed by atoms with Crippen LogP contribution in [0.15, 0.2) is 152 Å². The van der Waals surface area contributed by atoms with Gasteiger partial charge in [-0.2, -0.15) is 0 Å². The number of rotatable bonds is 15. The number of nitrogens with two attached hydrogens (primary N) is 1. The molecular formula is C77H95N7O12. The standard InChI is InChI=1S/C24H28N2O3.C12H15NO2.C11H13NO2.C11H15NO2.C10H11NO2.C9H13NO/c1-3-26(4-2)23(28)19-10-9-17(15-21(19)27)20-16-24(11-13-25-14-12-24)29-22-8-6-5-7-18(20)22;1-3-13-7-6-9-8-10(15-2)4-5-11(9)12(13)14;1-2-12-6-5-8-7-9(13)3-4-10(8)11(12)14;1-9(13)12-7-6-10-4-3-5-11(8-10)14-2;1-13-8-2-3-9-7(6-8)4-5-11-10(9)12;1-11-9-4-2-3-8(7-9)5-6-10/h5-10,15-16,25,27H,3-4,11-14H2,1-2H3;4-5,8H,3,6-7H2,1-2H3;3-4,7,13H,2,5-6H2,1H3;3-5,8H,6-7H2,1-2H3,(H,12,13);2-3,6H,4-5H2,1H3,(H,11,12);2-4,7H,5-6,10H2,1H3. The van der Waals surface area contributed by atoms with E-state index in [1.54, 1.807) is 63.7 Å². The molecule has 0 aromatic heterocycles. The fourth-order valence-electron chi connectivity index (χ4n) is 11.8. The number of amides is 5. The highest BCUT2D eigenvalue weighted by Crippen LogP contribution is 2.43. The molecule has 0 radical (unpaired) electrons. The highest BCUT2D eigenvalue weighted by atomic mass is 16.5. The Bertz CT molecular complexity index is 3790. The number of hydrogen-bond acceptors (Lipinski definition) is 14. The van der Waals surface area contributed by atoms with E-state index in [0.29, 0.717) is 31.7 Å². The summed E-state index contributed by atoms with van der Waals surface area (Å²) in [6.07, 6.45) is 8.39. The zero-order valence-corrected chi connectivity index (χ0v) is 57.1. The predicted molar refractivity (Wildman–Crippen MR) is 376 cm³/mol. The molecule has 0 aliphatic carbocycles. The van der Waals surface area contributed by atoms with E-state index in [1.165, 1.54) is 12.5 Å². The van der Waals surface area contributed by atoms with Crippen LogP contribution in [0.5, 0.6) is 40.2 Å². The number of aromatic hydroxyl groups is 2. The van der Waals surface area contributed by atoms with Crippen LogP contribution in [0.25, 0.3) is 5.57 Å². The number of piperidine rings is 1.